The minimum Gasteiger partial charge on any atom is -0.462 e. The van der Waals surface area contributed by atoms with Crippen molar-refractivity contribution in [3.63, 3.8) is 0 Å². The quantitative estimate of drug-likeness (QED) is 0.0324. The van der Waals surface area contributed by atoms with E-state index in [4.69, 9.17) is 4.74 Å². The van der Waals surface area contributed by atoms with Gasteiger partial charge in [-0.1, -0.05) is 215 Å². The summed E-state index contributed by atoms with van der Waals surface area (Å²) in [6.07, 6.45) is 59.3. The summed E-state index contributed by atoms with van der Waals surface area (Å²) in [6.45, 7) is 6.28. The van der Waals surface area contributed by atoms with E-state index in [2.05, 4.69) is 80.8 Å². The van der Waals surface area contributed by atoms with Crippen LogP contribution in [0, 0.1) is 0 Å². The third kappa shape index (κ3) is 41.6. The summed E-state index contributed by atoms with van der Waals surface area (Å²) >= 11 is 0. The van der Waals surface area contributed by atoms with Crippen LogP contribution < -0.4 is 5.32 Å². The second-order valence-corrected chi connectivity index (χ2v) is 16.3. The lowest BCUT2D eigenvalue weighted by atomic mass is 10.0. The lowest BCUT2D eigenvalue weighted by molar-refractivity contribution is -0.151. The van der Waals surface area contributed by atoms with Crippen LogP contribution in [0.25, 0.3) is 0 Å². The molecule has 6 nitrogen and oxygen atoms in total. The van der Waals surface area contributed by atoms with Crippen LogP contribution in [0.1, 0.15) is 213 Å². The van der Waals surface area contributed by atoms with Crippen molar-refractivity contribution in [1.29, 1.82) is 0 Å². The fraction of sp³-hybridized carbons (Fsp3) is 0.698. The average molecular weight is 822 g/mol. The Kier molecular flexibility index (Phi) is 43.8. The molecular formula is C53H91NO5. The van der Waals surface area contributed by atoms with E-state index >= 15 is 0 Å². The number of allylic oxidation sites excluding steroid dienone is 14. The molecule has 0 aromatic rings. The maximum atomic E-state index is 13.1. The van der Waals surface area contributed by atoms with Crippen LogP contribution in [-0.2, 0) is 14.3 Å². The lowest BCUT2D eigenvalue weighted by Crippen LogP contribution is -2.46. The summed E-state index contributed by atoms with van der Waals surface area (Å²) in [5.74, 6) is -0.544. The number of aliphatic hydroxyl groups excluding tert-OH is 2. The Morgan fingerprint density at radius 2 is 0.915 bits per heavy atom. The molecule has 0 saturated heterocycles. The third-order valence-electron chi connectivity index (χ3n) is 10.6. The minimum atomic E-state index is -0.804. The maximum Gasteiger partial charge on any atom is 0.306 e. The molecule has 0 bridgehead atoms. The Labute approximate surface area is 363 Å². The van der Waals surface area contributed by atoms with Gasteiger partial charge in [-0.05, 0) is 70.6 Å². The summed E-state index contributed by atoms with van der Waals surface area (Å²) in [7, 11) is 0. The molecule has 0 saturated carbocycles. The largest absolute Gasteiger partial charge is 0.462 e. The van der Waals surface area contributed by atoms with Crippen LogP contribution >= 0.6 is 0 Å². The van der Waals surface area contributed by atoms with Gasteiger partial charge in [0.25, 0.3) is 0 Å². The predicted octanol–water partition coefficient (Wildman–Crippen LogP) is 14.4. The van der Waals surface area contributed by atoms with E-state index in [0.717, 1.165) is 96.3 Å². The number of esters is 1. The van der Waals surface area contributed by atoms with E-state index in [9.17, 15) is 19.8 Å². The number of carbonyl (C=O) groups excluding carboxylic acids is 2. The molecule has 0 aliphatic rings. The highest BCUT2D eigenvalue weighted by Gasteiger charge is 2.24. The molecule has 59 heavy (non-hydrogen) atoms. The van der Waals surface area contributed by atoms with Gasteiger partial charge in [-0.2, -0.15) is 0 Å². The van der Waals surface area contributed by atoms with Crippen molar-refractivity contribution < 1.29 is 24.5 Å². The summed E-state index contributed by atoms with van der Waals surface area (Å²) in [5.41, 5.74) is 0. The zero-order valence-corrected chi connectivity index (χ0v) is 38.4. The van der Waals surface area contributed by atoms with Gasteiger partial charge >= 0.3 is 5.97 Å². The van der Waals surface area contributed by atoms with Crippen LogP contribution in [0.15, 0.2) is 85.1 Å². The Morgan fingerprint density at radius 3 is 1.41 bits per heavy atom. The number of rotatable bonds is 42. The first-order chi connectivity index (χ1) is 29.0. The molecule has 3 atom stereocenters. The number of ether oxygens (including phenoxy) is 1. The number of unbranched alkanes of at least 4 members (excludes halogenated alkanes) is 21. The molecule has 3 N–H and O–H groups in total. The first-order valence-electron chi connectivity index (χ1n) is 24.4. The maximum absolute atomic E-state index is 13.1. The molecule has 0 heterocycles. The smallest absolute Gasteiger partial charge is 0.306 e. The Morgan fingerprint density at radius 1 is 0.508 bits per heavy atom. The topological polar surface area (TPSA) is 95.9 Å². The van der Waals surface area contributed by atoms with Crippen molar-refractivity contribution in [1.82, 2.24) is 5.32 Å². The molecule has 3 unspecified atom stereocenters. The average Bonchev–Trinajstić information content (AvgIpc) is 3.23. The van der Waals surface area contributed by atoms with Crippen LogP contribution in [0.2, 0.25) is 0 Å². The van der Waals surface area contributed by atoms with Crippen LogP contribution in [0.3, 0.4) is 0 Å². The van der Waals surface area contributed by atoms with Crippen LogP contribution in [0.4, 0.5) is 0 Å². The second kappa shape index (κ2) is 46.1. The lowest BCUT2D eigenvalue weighted by Gasteiger charge is -2.24. The molecule has 0 aromatic carbocycles. The molecule has 0 rings (SSSR count). The summed E-state index contributed by atoms with van der Waals surface area (Å²) in [5, 5.41) is 23.6. The highest BCUT2D eigenvalue weighted by Crippen LogP contribution is 2.17. The van der Waals surface area contributed by atoms with Crippen LogP contribution in [0.5, 0.6) is 0 Å². The second-order valence-electron chi connectivity index (χ2n) is 16.3. The molecule has 0 fully saturated rings. The normalized spacial score (nSPS) is 14.1. The standard InChI is InChI=1S/C53H91NO5/c1-4-7-10-13-16-19-21-23-24-25-26-27-29-31-34-37-40-43-46-53(58)59-49(44-41-38-35-33-30-28-22-20-17-14-11-8-5-2)47-52(57)54-50(48-55)51(56)45-42-39-36-32-18-15-12-9-6-3/h8,11,14,17,20-28,30,49-51,55-56H,4-7,9-10,12-13,15-16,18-19,29,31-48H2,1-3H3,(H,54,57)/b11-8+,17-14+,22-20+,23-21+,25-24+,27-26+,30-28-. The van der Waals surface area contributed by atoms with Crippen molar-refractivity contribution >= 4 is 11.9 Å². The molecule has 0 radical (unpaired) electrons. The Bertz CT molecular complexity index is 1150. The highest BCUT2D eigenvalue weighted by atomic mass is 16.5. The number of aliphatic hydroxyl groups is 2. The van der Waals surface area contributed by atoms with Gasteiger partial charge in [-0.25, -0.2) is 0 Å². The number of hydrogen-bond donors (Lipinski definition) is 3. The first kappa shape index (κ1) is 56.0. The van der Waals surface area contributed by atoms with Crippen molar-refractivity contribution in [3.8, 4) is 0 Å². The zero-order chi connectivity index (χ0) is 43.1. The number of carbonyl (C=O) groups is 2. The molecule has 0 spiro atoms. The monoisotopic (exact) mass is 822 g/mol. The Balaban J connectivity index is 4.68. The van der Waals surface area contributed by atoms with E-state index in [1.54, 1.807) is 0 Å². The van der Waals surface area contributed by atoms with Gasteiger partial charge in [-0.15, -0.1) is 0 Å². The minimum absolute atomic E-state index is 0.0385. The molecular weight excluding hydrogens is 731 g/mol. The zero-order valence-electron chi connectivity index (χ0n) is 38.4. The number of hydrogen-bond acceptors (Lipinski definition) is 5. The van der Waals surface area contributed by atoms with Gasteiger partial charge < -0.3 is 20.3 Å². The molecule has 6 heteroatoms. The number of nitrogens with one attached hydrogen (secondary N) is 1. The van der Waals surface area contributed by atoms with Crippen molar-refractivity contribution in [2.75, 3.05) is 6.61 Å². The van der Waals surface area contributed by atoms with Crippen molar-refractivity contribution in [2.45, 2.75) is 232 Å². The van der Waals surface area contributed by atoms with E-state index < -0.39 is 18.2 Å². The van der Waals surface area contributed by atoms with Gasteiger partial charge in [0, 0.05) is 6.42 Å². The van der Waals surface area contributed by atoms with E-state index in [1.165, 1.54) is 70.6 Å². The van der Waals surface area contributed by atoms with Gasteiger partial charge in [0.15, 0.2) is 0 Å². The van der Waals surface area contributed by atoms with Crippen LogP contribution in [-0.4, -0.2) is 46.9 Å². The predicted molar refractivity (Wildman–Crippen MR) is 254 cm³/mol. The molecule has 0 aliphatic heterocycles. The molecule has 338 valence electrons. The molecule has 1 amide bonds. The van der Waals surface area contributed by atoms with Gasteiger partial charge in [0.2, 0.25) is 5.91 Å². The van der Waals surface area contributed by atoms with E-state index in [0.29, 0.717) is 19.3 Å². The molecule has 0 aliphatic carbocycles. The number of amides is 1. The van der Waals surface area contributed by atoms with E-state index in [1.807, 2.05) is 30.4 Å². The summed E-state index contributed by atoms with van der Waals surface area (Å²) in [4.78, 5) is 26.0. The van der Waals surface area contributed by atoms with Gasteiger partial charge in [0.05, 0.1) is 25.2 Å². The van der Waals surface area contributed by atoms with Gasteiger partial charge in [-0.3, -0.25) is 9.59 Å². The Hall–Kier alpha value is -2.96. The summed E-state index contributed by atoms with van der Waals surface area (Å²) in [6, 6.07) is -0.721. The molecule has 0 aromatic heterocycles. The summed E-state index contributed by atoms with van der Waals surface area (Å²) < 4.78 is 5.89. The fourth-order valence-electron chi connectivity index (χ4n) is 6.91. The van der Waals surface area contributed by atoms with Gasteiger partial charge in [0.1, 0.15) is 6.10 Å². The van der Waals surface area contributed by atoms with Crippen molar-refractivity contribution in [2.24, 2.45) is 0 Å². The van der Waals surface area contributed by atoms with E-state index in [-0.39, 0.29) is 24.9 Å². The SMILES string of the molecule is CC/C=C/C=C/C=C/C=C\CCCCCC(CC(=O)NC(CO)C(O)CCCCCCCCCCC)OC(=O)CCCCCCC/C=C/C=C/C=C/CCCCCCC. The fourth-order valence-corrected chi connectivity index (χ4v) is 6.91. The third-order valence-corrected chi connectivity index (χ3v) is 10.6. The first-order valence-corrected chi connectivity index (χ1v) is 24.4. The van der Waals surface area contributed by atoms with Crippen molar-refractivity contribution in [3.05, 3.63) is 85.1 Å². The highest BCUT2D eigenvalue weighted by molar-refractivity contribution is 5.77.